The molecule has 3 rings (SSSR count). The smallest absolute Gasteiger partial charge is 0.239 e. The Hall–Kier alpha value is -1.84. The second-order valence-corrected chi connectivity index (χ2v) is 6.42. The minimum atomic E-state index is -0.258. The molecule has 1 aromatic carbocycles. The van der Waals surface area contributed by atoms with Gasteiger partial charge in [-0.3, -0.25) is 9.59 Å². The summed E-state index contributed by atoms with van der Waals surface area (Å²) in [6, 6.07) is 10.2. The van der Waals surface area contributed by atoms with Gasteiger partial charge in [0.1, 0.15) is 6.54 Å². The van der Waals surface area contributed by atoms with Crippen molar-refractivity contribution < 1.29 is 9.59 Å². The van der Waals surface area contributed by atoms with Crippen molar-refractivity contribution in [2.24, 2.45) is 5.41 Å². The lowest BCUT2D eigenvalue weighted by atomic mass is 9.60. The lowest BCUT2D eigenvalue weighted by Crippen LogP contribution is -2.65. The van der Waals surface area contributed by atoms with Crippen LogP contribution in [0.25, 0.3) is 0 Å². The fourth-order valence-corrected chi connectivity index (χ4v) is 4.13. The predicted octanol–water partition coefficient (Wildman–Crippen LogP) is 2.66. The Kier molecular flexibility index (Phi) is 4.19. The van der Waals surface area contributed by atoms with Crippen LogP contribution in [0.3, 0.4) is 0 Å². The van der Waals surface area contributed by atoms with E-state index in [4.69, 9.17) is 0 Å². The minimum Gasteiger partial charge on any atom is -0.355 e. The Labute approximate surface area is 131 Å². The molecule has 2 aliphatic rings. The van der Waals surface area contributed by atoms with Gasteiger partial charge < -0.3 is 10.2 Å². The molecule has 1 heterocycles. The fourth-order valence-electron chi connectivity index (χ4n) is 4.13. The Morgan fingerprint density at radius 1 is 1.23 bits per heavy atom. The van der Waals surface area contributed by atoms with Gasteiger partial charge in [0.2, 0.25) is 11.8 Å². The largest absolute Gasteiger partial charge is 0.355 e. The molecule has 0 bridgehead atoms. The van der Waals surface area contributed by atoms with Crippen molar-refractivity contribution >= 4 is 11.8 Å². The average Bonchev–Trinajstić information content (AvgIpc) is 2.56. The summed E-state index contributed by atoms with van der Waals surface area (Å²) < 4.78 is 0. The van der Waals surface area contributed by atoms with E-state index in [1.54, 1.807) is 4.90 Å². The monoisotopic (exact) mass is 300 g/mol. The van der Waals surface area contributed by atoms with Crippen molar-refractivity contribution in [2.75, 3.05) is 13.1 Å². The molecule has 0 radical (unpaired) electrons. The highest BCUT2D eigenvalue weighted by Crippen LogP contribution is 2.57. The maximum absolute atomic E-state index is 12.8. The fraction of sp³-hybridized carbons (Fsp3) is 0.556. The summed E-state index contributed by atoms with van der Waals surface area (Å²) in [5, 5.41) is 2.80. The quantitative estimate of drug-likeness (QED) is 0.869. The molecule has 1 atom stereocenters. The van der Waals surface area contributed by atoms with E-state index < -0.39 is 0 Å². The van der Waals surface area contributed by atoms with Crippen LogP contribution in [0.4, 0.5) is 0 Å². The molecule has 1 spiro atoms. The Bertz CT molecular complexity index is 549. The van der Waals surface area contributed by atoms with Crippen LogP contribution < -0.4 is 5.32 Å². The number of carbonyl (C=O) groups is 2. The van der Waals surface area contributed by atoms with Crippen LogP contribution in [0.1, 0.15) is 50.6 Å². The molecule has 0 aromatic heterocycles. The average molecular weight is 300 g/mol. The first-order chi connectivity index (χ1) is 10.7. The molecule has 2 fully saturated rings. The van der Waals surface area contributed by atoms with Gasteiger partial charge in [-0.2, -0.15) is 0 Å². The van der Waals surface area contributed by atoms with Crippen molar-refractivity contribution in [3.63, 3.8) is 0 Å². The number of carbonyl (C=O) groups excluding carboxylic acids is 2. The molecule has 1 N–H and O–H groups in total. The number of β-lactam (4-membered cyclic amide) rings is 1. The summed E-state index contributed by atoms with van der Waals surface area (Å²) in [7, 11) is 0. The molecule has 118 valence electrons. The number of likely N-dealkylation sites (tertiary alicyclic amines) is 1. The van der Waals surface area contributed by atoms with Gasteiger partial charge in [-0.05, 0) is 25.3 Å². The second-order valence-electron chi connectivity index (χ2n) is 6.42. The highest BCUT2D eigenvalue weighted by atomic mass is 16.2. The third-order valence-electron chi connectivity index (χ3n) is 5.07. The van der Waals surface area contributed by atoms with Gasteiger partial charge in [0.25, 0.3) is 0 Å². The summed E-state index contributed by atoms with van der Waals surface area (Å²) in [4.78, 5) is 26.5. The number of rotatable bonds is 4. The van der Waals surface area contributed by atoms with Crippen molar-refractivity contribution in [1.29, 1.82) is 0 Å². The standard InChI is InChI=1S/C18H24N2O2/c1-2-19-15(21)13-20-16(14-9-5-3-6-10-14)18(17(20)22)11-7-4-8-12-18/h3,5-6,9-10,16H,2,4,7-8,11-13H2,1H3,(H,19,21). The number of benzene rings is 1. The van der Waals surface area contributed by atoms with E-state index in [9.17, 15) is 9.59 Å². The van der Waals surface area contributed by atoms with E-state index in [1.807, 2.05) is 25.1 Å². The van der Waals surface area contributed by atoms with E-state index in [0.29, 0.717) is 6.54 Å². The molecule has 1 unspecified atom stereocenters. The van der Waals surface area contributed by atoms with Crippen LogP contribution in [-0.4, -0.2) is 29.8 Å². The van der Waals surface area contributed by atoms with Gasteiger partial charge >= 0.3 is 0 Å². The van der Waals surface area contributed by atoms with E-state index in [0.717, 1.165) is 31.2 Å². The van der Waals surface area contributed by atoms with Crippen LogP contribution in [0.2, 0.25) is 0 Å². The normalized spacial score (nSPS) is 23.2. The first-order valence-electron chi connectivity index (χ1n) is 8.32. The van der Waals surface area contributed by atoms with Gasteiger partial charge in [0, 0.05) is 6.54 Å². The van der Waals surface area contributed by atoms with Gasteiger partial charge in [-0.25, -0.2) is 0 Å². The molecular formula is C18H24N2O2. The zero-order valence-corrected chi connectivity index (χ0v) is 13.2. The molecule has 1 aliphatic heterocycles. The summed E-state index contributed by atoms with van der Waals surface area (Å²) in [5.74, 6) is 0.106. The maximum Gasteiger partial charge on any atom is 0.239 e. The first kappa shape index (κ1) is 15.1. The topological polar surface area (TPSA) is 49.4 Å². The Morgan fingerprint density at radius 3 is 2.55 bits per heavy atom. The first-order valence-corrected chi connectivity index (χ1v) is 8.32. The molecule has 1 saturated heterocycles. The molecular weight excluding hydrogens is 276 g/mol. The van der Waals surface area contributed by atoms with E-state index in [-0.39, 0.29) is 29.8 Å². The van der Waals surface area contributed by atoms with Crippen LogP contribution in [0.5, 0.6) is 0 Å². The van der Waals surface area contributed by atoms with Crippen molar-refractivity contribution in [1.82, 2.24) is 10.2 Å². The molecule has 4 heteroatoms. The summed E-state index contributed by atoms with van der Waals surface area (Å²) in [6.45, 7) is 2.67. The molecule has 1 saturated carbocycles. The number of amides is 2. The molecule has 1 aromatic rings. The lowest BCUT2D eigenvalue weighted by molar-refractivity contribution is -0.179. The number of hydrogen-bond donors (Lipinski definition) is 1. The third-order valence-corrected chi connectivity index (χ3v) is 5.07. The molecule has 22 heavy (non-hydrogen) atoms. The highest BCUT2D eigenvalue weighted by molar-refractivity contribution is 5.94. The Balaban J connectivity index is 1.87. The van der Waals surface area contributed by atoms with E-state index >= 15 is 0 Å². The summed E-state index contributed by atoms with van der Waals surface area (Å²) in [5.41, 5.74) is 0.903. The maximum atomic E-state index is 12.8. The summed E-state index contributed by atoms with van der Waals surface area (Å²) >= 11 is 0. The van der Waals surface area contributed by atoms with Crippen LogP contribution in [0.15, 0.2) is 30.3 Å². The number of nitrogens with zero attached hydrogens (tertiary/aromatic N) is 1. The molecule has 2 amide bonds. The number of hydrogen-bond acceptors (Lipinski definition) is 2. The van der Waals surface area contributed by atoms with Crippen LogP contribution in [0, 0.1) is 5.41 Å². The van der Waals surface area contributed by atoms with Crippen LogP contribution in [-0.2, 0) is 9.59 Å². The molecule has 1 aliphatic carbocycles. The third kappa shape index (κ3) is 2.40. The minimum absolute atomic E-state index is 0.0594. The lowest BCUT2D eigenvalue weighted by Gasteiger charge is -2.58. The Morgan fingerprint density at radius 2 is 1.91 bits per heavy atom. The van der Waals surface area contributed by atoms with Crippen molar-refractivity contribution in [2.45, 2.75) is 45.1 Å². The zero-order chi connectivity index (χ0) is 15.6. The molecule has 4 nitrogen and oxygen atoms in total. The van der Waals surface area contributed by atoms with Crippen molar-refractivity contribution in [3.05, 3.63) is 35.9 Å². The van der Waals surface area contributed by atoms with Crippen molar-refractivity contribution in [3.8, 4) is 0 Å². The number of nitrogens with one attached hydrogen (secondary N) is 1. The summed E-state index contributed by atoms with van der Waals surface area (Å²) in [6.07, 6.45) is 5.36. The second kappa shape index (κ2) is 6.11. The van der Waals surface area contributed by atoms with Gasteiger partial charge in [-0.15, -0.1) is 0 Å². The van der Waals surface area contributed by atoms with Crippen LogP contribution >= 0.6 is 0 Å². The number of likely N-dealkylation sites (N-methyl/N-ethyl adjacent to an activating group) is 1. The SMILES string of the molecule is CCNC(=O)CN1C(=O)C2(CCCCC2)C1c1ccccc1. The zero-order valence-electron chi connectivity index (χ0n) is 13.2. The highest BCUT2D eigenvalue weighted by Gasteiger charge is 2.60. The predicted molar refractivity (Wildman–Crippen MR) is 85.1 cm³/mol. The van der Waals surface area contributed by atoms with E-state index in [1.165, 1.54) is 6.42 Å². The van der Waals surface area contributed by atoms with E-state index in [2.05, 4.69) is 17.4 Å². The van der Waals surface area contributed by atoms with Gasteiger partial charge in [0.15, 0.2) is 0 Å². The van der Waals surface area contributed by atoms with Gasteiger partial charge in [0.05, 0.1) is 11.5 Å². The van der Waals surface area contributed by atoms with Gasteiger partial charge in [-0.1, -0.05) is 49.6 Å².